The Morgan fingerprint density at radius 1 is 1.04 bits per heavy atom. The van der Waals surface area contributed by atoms with E-state index in [1.54, 1.807) is 23.4 Å². The molecule has 0 fully saturated rings. The normalized spacial score (nSPS) is 11.0. The van der Waals surface area contributed by atoms with Gasteiger partial charge in [0.2, 0.25) is 0 Å². The van der Waals surface area contributed by atoms with Gasteiger partial charge in [-0.15, -0.1) is 0 Å². The molecule has 3 aromatic heterocycles. The molecule has 0 spiro atoms. The van der Waals surface area contributed by atoms with Crippen molar-refractivity contribution in [2.75, 3.05) is 11.9 Å². The summed E-state index contributed by atoms with van der Waals surface area (Å²) in [4.78, 5) is 15.2. The molecule has 7 heteroatoms. The molecule has 4 rings (SSSR count). The average Bonchev–Trinajstić information content (AvgIpc) is 3.08. The maximum absolute atomic E-state index is 5.95. The van der Waals surface area contributed by atoms with Crippen LogP contribution in [0.5, 0.6) is 0 Å². The van der Waals surface area contributed by atoms with Gasteiger partial charge >= 0.3 is 0 Å². The zero-order valence-electron chi connectivity index (χ0n) is 13.5. The van der Waals surface area contributed by atoms with Crippen molar-refractivity contribution in [2.45, 2.75) is 6.54 Å². The SMILES string of the molecule is CN(Cc1ccc(Cl)cc1)c1ncnc2c1cnn2-c1ccccn1. The Kier molecular flexibility index (Phi) is 4.03. The molecular formula is C18H15ClN6. The van der Waals surface area contributed by atoms with Gasteiger partial charge in [-0.1, -0.05) is 29.8 Å². The number of fused-ring (bicyclic) bond motifs is 1. The minimum atomic E-state index is 0.706. The van der Waals surface area contributed by atoms with Crippen LogP contribution in [0, 0.1) is 0 Å². The standard InChI is InChI=1S/C18H15ClN6/c1-24(11-13-5-7-14(19)8-6-13)17-15-10-23-25(18(15)22-12-21-17)16-4-2-3-9-20-16/h2-10,12H,11H2,1H3. The van der Waals surface area contributed by atoms with Gasteiger partial charge in [-0.3, -0.25) is 0 Å². The third-order valence-corrected chi connectivity index (χ3v) is 4.16. The maximum atomic E-state index is 5.95. The number of benzene rings is 1. The molecule has 124 valence electrons. The van der Waals surface area contributed by atoms with Crippen LogP contribution in [0.1, 0.15) is 5.56 Å². The van der Waals surface area contributed by atoms with Crippen LogP contribution in [0.2, 0.25) is 5.02 Å². The lowest BCUT2D eigenvalue weighted by Crippen LogP contribution is -2.18. The highest BCUT2D eigenvalue weighted by atomic mass is 35.5. The molecule has 0 bridgehead atoms. The lowest BCUT2D eigenvalue weighted by atomic mass is 10.2. The molecule has 6 nitrogen and oxygen atoms in total. The highest BCUT2D eigenvalue weighted by molar-refractivity contribution is 6.30. The topological polar surface area (TPSA) is 59.7 Å². The van der Waals surface area contributed by atoms with E-state index in [4.69, 9.17) is 11.6 Å². The number of hydrogen-bond donors (Lipinski definition) is 0. The maximum Gasteiger partial charge on any atom is 0.170 e. The summed E-state index contributed by atoms with van der Waals surface area (Å²) < 4.78 is 1.72. The third kappa shape index (κ3) is 3.04. The van der Waals surface area contributed by atoms with Gasteiger partial charge < -0.3 is 4.90 Å². The van der Waals surface area contributed by atoms with Gasteiger partial charge in [0.05, 0.1) is 11.6 Å². The number of halogens is 1. The fourth-order valence-corrected chi connectivity index (χ4v) is 2.85. The van der Waals surface area contributed by atoms with Crippen LogP contribution >= 0.6 is 11.6 Å². The van der Waals surface area contributed by atoms with Crippen molar-refractivity contribution in [1.82, 2.24) is 24.7 Å². The second-order valence-electron chi connectivity index (χ2n) is 5.66. The Morgan fingerprint density at radius 3 is 2.64 bits per heavy atom. The Balaban J connectivity index is 1.70. The number of pyridine rings is 1. The Morgan fingerprint density at radius 2 is 1.88 bits per heavy atom. The molecule has 4 aromatic rings. The van der Waals surface area contributed by atoms with Crippen molar-refractivity contribution < 1.29 is 0 Å². The fourth-order valence-electron chi connectivity index (χ4n) is 2.72. The molecule has 0 N–H and O–H groups in total. The molecule has 0 aliphatic rings. The molecule has 25 heavy (non-hydrogen) atoms. The molecule has 0 unspecified atom stereocenters. The van der Waals surface area contributed by atoms with Gasteiger partial charge in [0, 0.05) is 24.8 Å². The molecule has 0 radical (unpaired) electrons. The smallest absolute Gasteiger partial charge is 0.170 e. The predicted octanol–water partition coefficient (Wildman–Crippen LogP) is 3.50. The molecular weight excluding hydrogens is 336 g/mol. The van der Waals surface area contributed by atoms with E-state index in [0.717, 1.165) is 33.3 Å². The molecule has 0 saturated heterocycles. The minimum Gasteiger partial charge on any atom is -0.355 e. The van der Waals surface area contributed by atoms with Gasteiger partial charge in [-0.05, 0) is 29.8 Å². The summed E-state index contributed by atoms with van der Waals surface area (Å²) >= 11 is 5.95. The van der Waals surface area contributed by atoms with E-state index in [1.807, 2.05) is 49.5 Å². The number of hydrogen-bond acceptors (Lipinski definition) is 5. The van der Waals surface area contributed by atoms with Gasteiger partial charge in [0.25, 0.3) is 0 Å². The molecule has 1 aromatic carbocycles. The Hall–Kier alpha value is -2.99. The van der Waals surface area contributed by atoms with Crippen molar-refractivity contribution in [3.05, 3.63) is 71.8 Å². The largest absolute Gasteiger partial charge is 0.355 e. The number of aromatic nitrogens is 5. The number of nitrogens with zero attached hydrogens (tertiary/aromatic N) is 6. The minimum absolute atomic E-state index is 0.706. The summed E-state index contributed by atoms with van der Waals surface area (Å²) in [5.74, 6) is 1.55. The van der Waals surface area contributed by atoms with Crippen molar-refractivity contribution >= 4 is 28.5 Å². The first kappa shape index (κ1) is 15.5. The lowest BCUT2D eigenvalue weighted by Gasteiger charge is -2.18. The molecule has 0 amide bonds. The van der Waals surface area contributed by atoms with Crippen LogP contribution in [0.4, 0.5) is 5.82 Å². The Bertz CT molecular complexity index is 997. The summed E-state index contributed by atoms with van der Waals surface area (Å²) in [6, 6.07) is 13.5. The quantitative estimate of drug-likeness (QED) is 0.563. The first-order valence-electron chi connectivity index (χ1n) is 7.78. The van der Waals surface area contributed by atoms with Crippen LogP contribution in [0.3, 0.4) is 0 Å². The first-order chi connectivity index (χ1) is 12.2. The highest BCUT2D eigenvalue weighted by Gasteiger charge is 2.14. The van der Waals surface area contributed by atoms with E-state index in [1.165, 1.54) is 0 Å². The second-order valence-corrected chi connectivity index (χ2v) is 6.10. The van der Waals surface area contributed by atoms with Crippen LogP contribution < -0.4 is 4.90 Å². The van der Waals surface area contributed by atoms with Crippen molar-refractivity contribution in [3.63, 3.8) is 0 Å². The van der Waals surface area contributed by atoms with Crippen molar-refractivity contribution in [2.24, 2.45) is 0 Å². The van der Waals surface area contributed by atoms with Crippen LogP contribution in [0.15, 0.2) is 61.2 Å². The molecule has 0 atom stereocenters. The van der Waals surface area contributed by atoms with Gasteiger partial charge in [-0.25, -0.2) is 15.0 Å². The van der Waals surface area contributed by atoms with E-state index in [-0.39, 0.29) is 0 Å². The highest BCUT2D eigenvalue weighted by Crippen LogP contribution is 2.24. The van der Waals surface area contributed by atoms with Crippen molar-refractivity contribution in [1.29, 1.82) is 0 Å². The molecule has 0 aliphatic heterocycles. The van der Waals surface area contributed by atoms with Crippen LogP contribution in [-0.4, -0.2) is 31.8 Å². The molecule has 0 aliphatic carbocycles. The van der Waals surface area contributed by atoms with Crippen LogP contribution in [-0.2, 0) is 6.54 Å². The van der Waals surface area contributed by atoms with E-state index >= 15 is 0 Å². The second kappa shape index (κ2) is 6.49. The van der Waals surface area contributed by atoms with Crippen LogP contribution in [0.25, 0.3) is 16.9 Å². The summed E-state index contributed by atoms with van der Waals surface area (Å²) in [7, 11) is 1.99. The monoisotopic (exact) mass is 350 g/mol. The third-order valence-electron chi connectivity index (χ3n) is 3.91. The summed E-state index contributed by atoms with van der Waals surface area (Å²) in [6.45, 7) is 0.706. The van der Waals surface area contributed by atoms with E-state index in [0.29, 0.717) is 6.54 Å². The first-order valence-corrected chi connectivity index (χ1v) is 8.16. The fraction of sp³-hybridized carbons (Fsp3) is 0.111. The van der Waals surface area contributed by atoms with Gasteiger partial charge in [0.15, 0.2) is 11.5 Å². The lowest BCUT2D eigenvalue weighted by molar-refractivity contribution is 0.859. The van der Waals surface area contributed by atoms with Crippen molar-refractivity contribution in [3.8, 4) is 5.82 Å². The van der Waals surface area contributed by atoms with Gasteiger partial charge in [-0.2, -0.15) is 9.78 Å². The van der Waals surface area contributed by atoms with Gasteiger partial charge in [0.1, 0.15) is 12.1 Å². The predicted molar refractivity (Wildman–Crippen MR) is 98.0 cm³/mol. The van der Waals surface area contributed by atoms with E-state index in [2.05, 4.69) is 25.0 Å². The zero-order valence-corrected chi connectivity index (χ0v) is 14.3. The molecule has 3 heterocycles. The summed E-state index contributed by atoms with van der Waals surface area (Å²) in [5, 5.41) is 6.04. The zero-order chi connectivity index (χ0) is 17.2. The average molecular weight is 351 g/mol. The van der Waals surface area contributed by atoms with E-state index < -0.39 is 0 Å². The summed E-state index contributed by atoms with van der Waals surface area (Å²) in [5.41, 5.74) is 1.88. The Labute approximate surface area is 149 Å². The molecule has 0 saturated carbocycles. The van der Waals surface area contributed by atoms with E-state index in [9.17, 15) is 0 Å². The number of anilines is 1. The number of rotatable bonds is 4. The summed E-state index contributed by atoms with van der Waals surface area (Å²) in [6.07, 6.45) is 5.06.